The lowest BCUT2D eigenvalue weighted by Gasteiger charge is -2.31. The molecule has 0 saturated heterocycles. The Bertz CT molecular complexity index is 1050. The Morgan fingerprint density at radius 2 is 1.66 bits per heavy atom. The number of amides is 2. The van der Waals surface area contributed by atoms with Crippen molar-refractivity contribution in [2.45, 2.75) is 50.1 Å². The Morgan fingerprint density at radius 3 is 2.20 bits per heavy atom. The molecule has 0 aromatic heterocycles. The Hall–Kier alpha value is -3.39. The number of hydrogen-bond donors (Lipinski definition) is 3. The number of nitrogens with one attached hydrogen (secondary N) is 2. The maximum absolute atomic E-state index is 13.1. The Kier molecular flexibility index (Phi) is 7.40. The van der Waals surface area contributed by atoms with E-state index < -0.39 is 29.6 Å². The SMILES string of the molecule is COCCC(NC(=O)OCC1c2ccccc2-c2ccccc21)C(=O)NC(C)(CC(=O)O)C1CC1. The van der Waals surface area contributed by atoms with Gasteiger partial charge in [0, 0.05) is 26.1 Å². The number of rotatable bonds is 11. The van der Waals surface area contributed by atoms with Crippen molar-refractivity contribution in [1.29, 1.82) is 0 Å². The van der Waals surface area contributed by atoms with Crippen LogP contribution < -0.4 is 10.6 Å². The zero-order chi connectivity index (χ0) is 25.0. The molecule has 2 amide bonds. The van der Waals surface area contributed by atoms with Crippen molar-refractivity contribution in [1.82, 2.24) is 10.6 Å². The largest absolute Gasteiger partial charge is 0.481 e. The maximum Gasteiger partial charge on any atom is 0.407 e. The summed E-state index contributed by atoms with van der Waals surface area (Å²) in [5.74, 6) is -1.39. The number of carbonyl (C=O) groups is 3. The number of benzene rings is 2. The number of alkyl carbamates (subject to hydrolysis) is 1. The fourth-order valence-electron chi connectivity index (χ4n) is 4.98. The molecule has 0 heterocycles. The fraction of sp³-hybridized carbons (Fsp3) is 0.444. The van der Waals surface area contributed by atoms with Crippen LogP contribution in [0.15, 0.2) is 48.5 Å². The molecule has 35 heavy (non-hydrogen) atoms. The second kappa shape index (κ2) is 10.5. The highest BCUT2D eigenvalue weighted by Crippen LogP contribution is 2.44. The van der Waals surface area contributed by atoms with Crippen LogP contribution in [-0.2, 0) is 19.1 Å². The fourth-order valence-corrected chi connectivity index (χ4v) is 4.98. The number of ether oxygens (including phenoxy) is 2. The van der Waals surface area contributed by atoms with E-state index in [1.165, 1.54) is 7.11 Å². The molecule has 186 valence electrons. The Morgan fingerprint density at radius 1 is 1.06 bits per heavy atom. The van der Waals surface area contributed by atoms with Gasteiger partial charge in [0.1, 0.15) is 12.6 Å². The van der Waals surface area contributed by atoms with Crippen molar-refractivity contribution in [2.24, 2.45) is 5.92 Å². The summed E-state index contributed by atoms with van der Waals surface area (Å²) >= 11 is 0. The van der Waals surface area contributed by atoms with Crippen molar-refractivity contribution in [2.75, 3.05) is 20.3 Å². The molecular weight excluding hydrogens is 448 g/mol. The predicted molar refractivity (Wildman–Crippen MR) is 130 cm³/mol. The first kappa shape index (κ1) is 24.7. The number of carboxylic acid groups (broad SMARTS) is 1. The van der Waals surface area contributed by atoms with Crippen molar-refractivity contribution < 1.29 is 29.0 Å². The molecule has 2 atom stereocenters. The summed E-state index contributed by atoms with van der Waals surface area (Å²) in [5.41, 5.74) is 3.60. The van der Waals surface area contributed by atoms with E-state index in [0.717, 1.165) is 35.1 Å². The monoisotopic (exact) mass is 480 g/mol. The van der Waals surface area contributed by atoms with Crippen LogP contribution in [0.1, 0.15) is 49.7 Å². The van der Waals surface area contributed by atoms with E-state index in [9.17, 15) is 19.5 Å². The lowest BCUT2D eigenvalue weighted by atomic mass is 9.91. The molecule has 2 aliphatic carbocycles. The van der Waals surface area contributed by atoms with Crippen molar-refractivity contribution in [3.63, 3.8) is 0 Å². The Labute approximate surface area is 205 Å². The Balaban J connectivity index is 1.41. The van der Waals surface area contributed by atoms with Gasteiger partial charge in [-0.15, -0.1) is 0 Å². The number of aliphatic carboxylic acids is 1. The highest BCUT2D eigenvalue weighted by atomic mass is 16.5. The second-order valence-electron chi connectivity index (χ2n) is 9.56. The van der Waals surface area contributed by atoms with Gasteiger partial charge in [-0.25, -0.2) is 4.79 Å². The van der Waals surface area contributed by atoms with Crippen LogP contribution in [0.3, 0.4) is 0 Å². The van der Waals surface area contributed by atoms with Gasteiger partial charge < -0.3 is 25.2 Å². The highest BCUT2D eigenvalue weighted by molar-refractivity contribution is 5.87. The van der Waals surface area contributed by atoms with Gasteiger partial charge in [0.2, 0.25) is 5.91 Å². The first-order valence-corrected chi connectivity index (χ1v) is 12.0. The summed E-state index contributed by atoms with van der Waals surface area (Å²) < 4.78 is 10.7. The lowest BCUT2D eigenvalue weighted by Crippen LogP contribution is -2.56. The molecule has 8 nitrogen and oxygen atoms in total. The molecule has 0 spiro atoms. The summed E-state index contributed by atoms with van der Waals surface area (Å²) in [6.45, 7) is 2.13. The van der Waals surface area contributed by atoms with E-state index >= 15 is 0 Å². The zero-order valence-corrected chi connectivity index (χ0v) is 20.1. The van der Waals surface area contributed by atoms with Gasteiger partial charge in [0.05, 0.1) is 12.0 Å². The standard InChI is InChI=1S/C27H32N2O6/c1-27(15-24(30)31,17-11-12-17)29-25(32)23(13-14-34-2)28-26(33)35-16-22-20-9-5-3-7-18(20)19-8-4-6-10-21(19)22/h3-10,17,22-23H,11-16H2,1-2H3,(H,28,33)(H,29,32)(H,30,31). The third-order valence-corrected chi connectivity index (χ3v) is 6.97. The van der Waals surface area contributed by atoms with Gasteiger partial charge >= 0.3 is 12.1 Å². The predicted octanol–water partition coefficient (Wildman–Crippen LogP) is 3.69. The molecule has 0 aliphatic heterocycles. The number of fused-ring (bicyclic) bond motifs is 3. The first-order valence-electron chi connectivity index (χ1n) is 12.0. The normalized spacial score (nSPS) is 17.0. The van der Waals surface area contributed by atoms with Gasteiger partial charge in [-0.2, -0.15) is 0 Å². The van der Waals surface area contributed by atoms with Crippen LogP contribution >= 0.6 is 0 Å². The summed E-state index contributed by atoms with van der Waals surface area (Å²) in [6.07, 6.45) is 1.10. The zero-order valence-electron chi connectivity index (χ0n) is 20.1. The highest BCUT2D eigenvalue weighted by Gasteiger charge is 2.45. The second-order valence-corrected chi connectivity index (χ2v) is 9.56. The molecule has 2 aromatic rings. The number of hydrogen-bond acceptors (Lipinski definition) is 5. The first-order chi connectivity index (χ1) is 16.8. The van der Waals surface area contributed by atoms with Crippen molar-refractivity contribution in [3.05, 3.63) is 59.7 Å². The molecule has 4 rings (SSSR count). The van der Waals surface area contributed by atoms with E-state index in [4.69, 9.17) is 9.47 Å². The average molecular weight is 481 g/mol. The summed E-state index contributed by atoms with van der Waals surface area (Å²) in [6, 6.07) is 15.2. The van der Waals surface area contributed by atoms with Gasteiger partial charge in [-0.1, -0.05) is 48.5 Å². The van der Waals surface area contributed by atoms with Crippen LogP contribution in [0.5, 0.6) is 0 Å². The van der Waals surface area contributed by atoms with Crippen LogP contribution in [0.25, 0.3) is 11.1 Å². The maximum atomic E-state index is 13.1. The molecule has 0 radical (unpaired) electrons. The minimum atomic E-state index is -0.974. The van der Waals surface area contributed by atoms with E-state index in [2.05, 4.69) is 22.8 Å². The molecule has 1 saturated carbocycles. The van der Waals surface area contributed by atoms with E-state index in [1.54, 1.807) is 6.92 Å². The quantitative estimate of drug-likeness (QED) is 0.452. The third-order valence-electron chi connectivity index (χ3n) is 6.97. The molecule has 1 fully saturated rings. The average Bonchev–Trinajstić information content (AvgIpc) is 3.64. The smallest absolute Gasteiger partial charge is 0.407 e. The van der Waals surface area contributed by atoms with E-state index in [-0.39, 0.29) is 37.9 Å². The molecular formula is C27H32N2O6. The molecule has 2 unspecified atom stereocenters. The summed E-state index contributed by atoms with van der Waals surface area (Å²) in [4.78, 5) is 37.2. The minimum Gasteiger partial charge on any atom is -0.481 e. The molecule has 0 bridgehead atoms. The van der Waals surface area contributed by atoms with Crippen LogP contribution in [0.4, 0.5) is 4.79 Å². The molecule has 3 N–H and O–H groups in total. The summed E-state index contributed by atoms with van der Waals surface area (Å²) in [5, 5.41) is 14.9. The number of carboxylic acids is 1. The molecule has 2 aromatic carbocycles. The van der Waals surface area contributed by atoms with E-state index in [0.29, 0.717) is 0 Å². The number of carbonyl (C=O) groups excluding carboxylic acids is 2. The van der Waals surface area contributed by atoms with Gasteiger partial charge in [0.15, 0.2) is 0 Å². The minimum absolute atomic E-state index is 0.0897. The van der Waals surface area contributed by atoms with Crippen LogP contribution in [-0.4, -0.2) is 55.0 Å². The lowest BCUT2D eigenvalue weighted by molar-refractivity contribution is -0.139. The van der Waals surface area contributed by atoms with Crippen LogP contribution in [0, 0.1) is 5.92 Å². The van der Waals surface area contributed by atoms with Gasteiger partial charge in [0.25, 0.3) is 0 Å². The van der Waals surface area contributed by atoms with Crippen molar-refractivity contribution in [3.8, 4) is 11.1 Å². The summed E-state index contributed by atoms with van der Waals surface area (Å²) in [7, 11) is 1.51. The topological polar surface area (TPSA) is 114 Å². The van der Waals surface area contributed by atoms with Gasteiger partial charge in [-0.3, -0.25) is 9.59 Å². The van der Waals surface area contributed by atoms with Crippen LogP contribution in [0.2, 0.25) is 0 Å². The third kappa shape index (κ3) is 5.65. The van der Waals surface area contributed by atoms with Gasteiger partial charge in [-0.05, 0) is 47.9 Å². The van der Waals surface area contributed by atoms with E-state index in [1.807, 2.05) is 36.4 Å². The molecule has 8 heteroatoms. The van der Waals surface area contributed by atoms with Crippen molar-refractivity contribution >= 4 is 18.0 Å². The number of methoxy groups -OCH3 is 1. The molecule has 2 aliphatic rings.